The van der Waals surface area contributed by atoms with E-state index in [9.17, 15) is 10.1 Å². The maximum Gasteiger partial charge on any atom is 0.247 e. The first-order valence-electron chi connectivity index (χ1n) is 5.19. The van der Waals surface area contributed by atoms with E-state index in [2.05, 4.69) is 5.16 Å². The number of hydrogen-bond acceptors (Lipinski definition) is 4. The van der Waals surface area contributed by atoms with Gasteiger partial charge in [-0.25, -0.2) is 0 Å². The van der Waals surface area contributed by atoms with Gasteiger partial charge < -0.3 is 4.52 Å². The maximum absolute atomic E-state index is 10.9. The second-order valence-electron chi connectivity index (χ2n) is 4.23. The summed E-state index contributed by atoms with van der Waals surface area (Å²) in [6, 6.07) is 0. The summed E-state index contributed by atoms with van der Waals surface area (Å²) in [6.07, 6.45) is 2.00. The number of nitro groups is 1. The Kier molecular flexibility index (Phi) is 3.82. The highest BCUT2D eigenvalue weighted by Gasteiger charge is 2.16. The number of rotatable bonds is 4. The summed E-state index contributed by atoms with van der Waals surface area (Å²) in [4.78, 5) is 10.5. The fourth-order valence-corrected chi connectivity index (χ4v) is 1.47. The highest BCUT2D eigenvalue weighted by Crippen LogP contribution is 2.20. The van der Waals surface area contributed by atoms with Gasteiger partial charge in [-0.2, -0.15) is 0 Å². The maximum atomic E-state index is 10.9. The second-order valence-corrected chi connectivity index (χ2v) is 4.23. The lowest BCUT2D eigenvalue weighted by Gasteiger charge is -2.01. The van der Waals surface area contributed by atoms with Crippen molar-refractivity contribution in [1.29, 1.82) is 0 Å². The molecule has 0 amide bonds. The Morgan fingerprint density at radius 3 is 2.56 bits per heavy atom. The molecular formula is C11H16N2O3. The van der Waals surface area contributed by atoms with Crippen molar-refractivity contribution in [3.63, 3.8) is 0 Å². The van der Waals surface area contributed by atoms with Crippen LogP contribution in [0.15, 0.2) is 10.2 Å². The molecule has 0 spiro atoms. The molecule has 0 saturated carbocycles. The van der Waals surface area contributed by atoms with Gasteiger partial charge in [0, 0.05) is 18.1 Å². The number of aromatic nitrogens is 1. The van der Waals surface area contributed by atoms with Crippen LogP contribution in [0.3, 0.4) is 0 Å². The Morgan fingerprint density at radius 2 is 2.19 bits per heavy atom. The van der Waals surface area contributed by atoms with Gasteiger partial charge in [0.15, 0.2) is 0 Å². The van der Waals surface area contributed by atoms with Crippen molar-refractivity contribution >= 4 is 6.08 Å². The zero-order valence-electron chi connectivity index (χ0n) is 9.98. The van der Waals surface area contributed by atoms with Crippen LogP contribution in [0.2, 0.25) is 0 Å². The van der Waals surface area contributed by atoms with E-state index in [-0.39, 0.29) is 16.5 Å². The van der Waals surface area contributed by atoms with Crippen LogP contribution in [0.4, 0.5) is 0 Å². The first kappa shape index (κ1) is 12.4. The number of allylic oxidation sites excluding steroid dienone is 1. The van der Waals surface area contributed by atoms with Crippen molar-refractivity contribution in [2.24, 2.45) is 5.92 Å². The van der Waals surface area contributed by atoms with E-state index < -0.39 is 0 Å². The van der Waals surface area contributed by atoms with Gasteiger partial charge in [-0.1, -0.05) is 19.0 Å². The monoisotopic (exact) mass is 224 g/mol. The number of nitrogens with zero attached hydrogens (tertiary/aromatic N) is 2. The highest BCUT2D eigenvalue weighted by atomic mass is 16.6. The normalized spacial score (nSPS) is 12.2. The molecule has 0 aliphatic rings. The molecular weight excluding hydrogens is 208 g/mol. The van der Waals surface area contributed by atoms with Crippen LogP contribution < -0.4 is 0 Å². The van der Waals surface area contributed by atoms with Crippen LogP contribution in [0.25, 0.3) is 6.08 Å². The molecule has 0 unspecified atom stereocenters. The largest absolute Gasteiger partial charge is 0.361 e. The minimum absolute atomic E-state index is 0.199. The predicted octanol–water partition coefficient (Wildman–Crippen LogP) is 2.96. The Morgan fingerprint density at radius 1 is 1.56 bits per heavy atom. The minimum atomic E-state index is -0.341. The van der Waals surface area contributed by atoms with Crippen molar-refractivity contribution < 1.29 is 9.45 Å². The van der Waals surface area contributed by atoms with E-state index in [4.69, 9.17) is 4.52 Å². The smallest absolute Gasteiger partial charge is 0.247 e. The minimum Gasteiger partial charge on any atom is -0.361 e. The summed E-state index contributed by atoms with van der Waals surface area (Å²) in [6.45, 7) is 7.42. The molecule has 5 nitrogen and oxygen atoms in total. The van der Waals surface area contributed by atoms with Gasteiger partial charge in [0.05, 0.1) is 10.6 Å². The molecule has 1 aromatic rings. The molecule has 0 fully saturated rings. The van der Waals surface area contributed by atoms with Gasteiger partial charge in [0.1, 0.15) is 5.76 Å². The van der Waals surface area contributed by atoms with E-state index in [1.54, 1.807) is 19.9 Å². The Hall–Kier alpha value is -1.65. The third-order valence-electron chi connectivity index (χ3n) is 2.25. The third kappa shape index (κ3) is 2.92. The fourth-order valence-electron chi connectivity index (χ4n) is 1.47. The summed E-state index contributed by atoms with van der Waals surface area (Å²) in [7, 11) is 0. The summed E-state index contributed by atoms with van der Waals surface area (Å²) < 4.78 is 4.96. The first-order valence-corrected chi connectivity index (χ1v) is 5.19. The Balaban J connectivity index is 3.07. The predicted molar refractivity (Wildman–Crippen MR) is 60.4 cm³/mol. The fraction of sp³-hybridized carbons (Fsp3) is 0.545. The first-order chi connectivity index (χ1) is 7.41. The number of aryl methyl sites for hydroxylation is 2. The summed E-state index contributed by atoms with van der Waals surface area (Å²) >= 11 is 0. The topological polar surface area (TPSA) is 69.2 Å². The molecule has 16 heavy (non-hydrogen) atoms. The van der Waals surface area contributed by atoms with E-state index >= 15 is 0 Å². The summed E-state index contributed by atoms with van der Waals surface area (Å²) in [5.41, 5.74) is 1.59. The zero-order chi connectivity index (χ0) is 12.3. The van der Waals surface area contributed by atoms with Gasteiger partial charge in [0.25, 0.3) is 0 Å². The molecule has 0 bridgehead atoms. The lowest BCUT2D eigenvalue weighted by Crippen LogP contribution is -2.02. The van der Waals surface area contributed by atoms with Gasteiger partial charge >= 0.3 is 0 Å². The van der Waals surface area contributed by atoms with Crippen molar-refractivity contribution in [2.75, 3.05) is 0 Å². The Bertz CT molecular complexity index is 399. The van der Waals surface area contributed by atoms with Crippen LogP contribution in [-0.4, -0.2) is 10.1 Å². The quantitative estimate of drug-likeness (QED) is 0.582. The average Bonchev–Trinajstić information content (AvgIpc) is 2.47. The van der Waals surface area contributed by atoms with Crippen molar-refractivity contribution in [3.8, 4) is 0 Å². The van der Waals surface area contributed by atoms with Gasteiger partial charge in [-0.05, 0) is 19.8 Å². The molecule has 0 aliphatic carbocycles. The lowest BCUT2D eigenvalue weighted by atomic mass is 10.1. The third-order valence-corrected chi connectivity index (χ3v) is 2.25. The standard InChI is InChI=1S/C11H16N2O3/c1-7(2)5-10(13(14)15)6-11-8(3)12-16-9(11)4/h6-7H,5H2,1-4H3. The zero-order valence-corrected chi connectivity index (χ0v) is 9.98. The summed E-state index contributed by atoms with van der Waals surface area (Å²) in [5, 5.41) is 14.6. The van der Waals surface area contributed by atoms with E-state index in [1.165, 1.54) is 0 Å². The molecule has 0 atom stereocenters. The Labute approximate surface area is 94.3 Å². The molecule has 0 N–H and O–H groups in total. The second kappa shape index (κ2) is 4.92. The molecule has 88 valence electrons. The summed E-state index contributed by atoms with van der Waals surface area (Å²) in [5.74, 6) is 0.859. The van der Waals surface area contributed by atoms with E-state index in [1.807, 2.05) is 13.8 Å². The van der Waals surface area contributed by atoms with E-state index in [0.29, 0.717) is 23.4 Å². The van der Waals surface area contributed by atoms with Crippen LogP contribution in [0, 0.1) is 29.9 Å². The van der Waals surface area contributed by atoms with Crippen molar-refractivity contribution in [1.82, 2.24) is 5.16 Å². The van der Waals surface area contributed by atoms with Crippen LogP contribution in [0.1, 0.15) is 37.3 Å². The SMILES string of the molecule is Cc1noc(C)c1C=C(CC(C)C)[N+](=O)[O-]. The molecule has 1 rings (SSSR count). The van der Waals surface area contributed by atoms with Crippen molar-refractivity contribution in [2.45, 2.75) is 34.1 Å². The molecule has 0 saturated heterocycles. The molecule has 1 heterocycles. The molecule has 0 aliphatic heterocycles. The van der Waals surface area contributed by atoms with Crippen LogP contribution >= 0.6 is 0 Å². The lowest BCUT2D eigenvalue weighted by molar-refractivity contribution is -0.427. The van der Waals surface area contributed by atoms with Gasteiger partial charge in [-0.3, -0.25) is 10.1 Å². The van der Waals surface area contributed by atoms with Gasteiger partial charge in [0.2, 0.25) is 5.70 Å². The molecule has 1 aromatic heterocycles. The highest BCUT2D eigenvalue weighted by molar-refractivity contribution is 5.54. The van der Waals surface area contributed by atoms with Crippen molar-refractivity contribution in [3.05, 3.63) is 32.8 Å². The number of hydrogen-bond donors (Lipinski definition) is 0. The molecule has 0 aromatic carbocycles. The van der Waals surface area contributed by atoms with Crippen LogP contribution in [0.5, 0.6) is 0 Å². The van der Waals surface area contributed by atoms with Gasteiger partial charge in [-0.15, -0.1) is 0 Å². The molecule has 0 radical (unpaired) electrons. The molecule has 5 heteroatoms. The average molecular weight is 224 g/mol. The van der Waals surface area contributed by atoms with Crippen LogP contribution in [-0.2, 0) is 0 Å². The van der Waals surface area contributed by atoms with E-state index in [0.717, 1.165) is 0 Å².